The van der Waals surface area contributed by atoms with Gasteiger partial charge in [0.05, 0.1) is 22.3 Å². The van der Waals surface area contributed by atoms with Crippen LogP contribution in [0, 0.1) is 0 Å². The number of pyridine rings is 1. The molecule has 2 N–H and O–H groups in total. The maximum absolute atomic E-state index is 13.5. The average Bonchev–Trinajstić information content (AvgIpc) is 2.82. The number of halogens is 5. The lowest BCUT2D eigenvalue weighted by Gasteiger charge is -2.17. The quantitative estimate of drug-likeness (QED) is 0.480. The van der Waals surface area contributed by atoms with E-state index >= 15 is 0 Å². The highest BCUT2D eigenvalue weighted by molar-refractivity contribution is 6.41. The number of rotatable bonds is 7. The van der Waals surface area contributed by atoms with Gasteiger partial charge < -0.3 is 10.6 Å². The number of alkyl halides is 3. The number of carbonyl (C=O) groups is 2. The molecule has 8 nitrogen and oxygen atoms in total. The highest BCUT2D eigenvalue weighted by Gasteiger charge is 2.35. The molecule has 0 aliphatic rings. The topological polar surface area (TPSA) is 106 Å². The highest BCUT2D eigenvalue weighted by Crippen LogP contribution is 2.33. The van der Waals surface area contributed by atoms with Crippen molar-refractivity contribution in [3.63, 3.8) is 0 Å². The van der Waals surface area contributed by atoms with Crippen molar-refractivity contribution in [2.24, 2.45) is 0 Å². The lowest BCUT2D eigenvalue weighted by atomic mass is 10.0. The van der Waals surface area contributed by atoms with Gasteiger partial charge in [-0.05, 0) is 37.3 Å². The van der Waals surface area contributed by atoms with E-state index in [0.717, 1.165) is 23.0 Å². The number of carbonyl (C=O) groups excluding carboxylic acids is 2. The summed E-state index contributed by atoms with van der Waals surface area (Å²) in [7, 11) is 0. The summed E-state index contributed by atoms with van der Waals surface area (Å²) in [5.74, 6) is -1.75. The Kier molecular flexibility index (Phi) is 8.13. The van der Waals surface area contributed by atoms with Crippen molar-refractivity contribution in [2.75, 3.05) is 11.9 Å². The zero-order chi connectivity index (χ0) is 25.8. The van der Waals surface area contributed by atoms with Crippen LogP contribution in [-0.4, -0.2) is 33.1 Å². The first-order valence-corrected chi connectivity index (χ1v) is 10.9. The number of hydrogen-bond donors (Lipinski definition) is 2. The minimum Gasteiger partial charge on any atom is -0.352 e. The first-order chi connectivity index (χ1) is 16.5. The van der Waals surface area contributed by atoms with E-state index in [-0.39, 0.29) is 22.3 Å². The van der Waals surface area contributed by atoms with Crippen LogP contribution in [0.4, 0.5) is 18.9 Å². The van der Waals surface area contributed by atoms with Crippen molar-refractivity contribution in [1.82, 2.24) is 20.1 Å². The summed E-state index contributed by atoms with van der Waals surface area (Å²) in [5.41, 5.74) is -2.08. The Morgan fingerprint density at radius 3 is 2.57 bits per heavy atom. The lowest BCUT2D eigenvalue weighted by molar-refractivity contribution is -0.137. The smallest absolute Gasteiger partial charge is 0.352 e. The summed E-state index contributed by atoms with van der Waals surface area (Å²) in [4.78, 5) is 41.5. The Hall–Kier alpha value is -3.44. The van der Waals surface area contributed by atoms with Crippen LogP contribution in [0.2, 0.25) is 10.0 Å². The van der Waals surface area contributed by atoms with Gasteiger partial charge in [0.25, 0.3) is 11.5 Å². The van der Waals surface area contributed by atoms with Gasteiger partial charge in [0, 0.05) is 30.5 Å². The van der Waals surface area contributed by atoms with Gasteiger partial charge >= 0.3 is 6.18 Å². The molecule has 1 atom stereocenters. The highest BCUT2D eigenvalue weighted by atomic mass is 35.5. The van der Waals surface area contributed by atoms with E-state index in [9.17, 15) is 27.6 Å². The van der Waals surface area contributed by atoms with E-state index in [1.165, 1.54) is 6.92 Å². The lowest BCUT2D eigenvalue weighted by Crippen LogP contribution is -2.33. The first kappa shape index (κ1) is 26.2. The number of aromatic nitrogens is 3. The molecule has 2 amide bonds. The third-order valence-electron chi connectivity index (χ3n) is 4.88. The Morgan fingerprint density at radius 2 is 1.91 bits per heavy atom. The Morgan fingerprint density at radius 1 is 1.17 bits per heavy atom. The van der Waals surface area contributed by atoms with E-state index < -0.39 is 40.7 Å². The molecule has 1 aromatic carbocycles. The largest absolute Gasteiger partial charge is 0.417 e. The van der Waals surface area contributed by atoms with Crippen molar-refractivity contribution in [3.05, 3.63) is 86.0 Å². The Balaban J connectivity index is 1.80. The summed E-state index contributed by atoms with van der Waals surface area (Å²) >= 11 is 11.5. The fraction of sp³-hybridized carbons (Fsp3) is 0.227. The molecule has 0 fully saturated rings. The molecule has 13 heteroatoms. The Labute approximate surface area is 207 Å². The maximum Gasteiger partial charge on any atom is 0.417 e. The summed E-state index contributed by atoms with van der Waals surface area (Å²) in [6.45, 7) is 1.38. The molecular formula is C22H18Cl2F3N5O3. The molecule has 35 heavy (non-hydrogen) atoms. The standard InChI is InChI=1S/C22H18Cl2F3N5O3/c1-12(32-21(35)18(24)17(23)11-30-32)19(33)31-14-5-6-16(22(25,26)27)15(10-14)20(34)29-9-7-13-4-2-3-8-28-13/h2-6,8,10-12H,7,9H2,1H3,(H,29,34)(H,31,33)/t12-/m1/s1. The van der Waals surface area contributed by atoms with E-state index in [1.807, 2.05) is 0 Å². The van der Waals surface area contributed by atoms with Crippen LogP contribution in [0.5, 0.6) is 0 Å². The molecule has 184 valence electrons. The minimum absolute atomic E-state index is 0.0483. The van der Waals surface area contributed by atoms with Gasteiger partial charge in [0.15, 0.2) is 0 Å². The third-order valence-corrected chi connectivity index (χ3v) is 5.63. The van der Waals surface area contributed by atoms with Crippen LogP contribution in [0.1, 0.15) is 34.6 Å². The number of hydrogen-bond acceptors (Lipinski definition) is 5. The van der Waals surface area contributed by atoms with E-state index in [2.05, 4.69) is 20.7 Å². The normalized spacial score (nSPS) is 12.2. The number of nitrogens with zero attached hydrogens (tertiary/aromatic N) is 3. The van der Waals surface area contributed by atoms with Gasteiger partial charge in [-0.3, -0.25) is 19.4 Å². The predicted octanol–water partition coefficient (Wildman–Crippen LogP) is 4.14. The van der Waals surface area contributed by atoms with Gasteiger partial charge in [-0.2, -0.15) is 18.3 Å². The van der Waals surface area contributed by atoms with E-state index in [4.69, 9.17) is 23.2 Å². The zero-order valence-corrected chi connectivity index (χ0v) is 19.6. The minimum atomic E-state index is -4.80. The summed E-state index contributed by atoms with van der Waals surface area (Å²) in [6, 6.07) is 6.61. The molecule has 2 heterocycles. The van der Waals surface area contributed by atoms with Gasteiger partial charge in [0.2, 0.25) is 5.91 Å². The summed E-state index contributed by atoms with van der Waals surface area (Å²) in [5, 5.41) is 8.15. The summed E-state index contributed by atoms with van der Waals surface area (Å²) in [6.07, 6.45) is -1.84. The van der Waals surface area contributed by atoms with Crippen molar-refractivity contribution in [2.45, 2.75) is 25.6 Å². The molecule has 0 spiro atoms. The van der Waals surface area contributed by atoms with Crippen LogP contribution >= 0.6 is 23.2 Å². The van der Waals surface area contributed by atoms with Gasteiger partial charge in [-0.25, -0.2) is 4.68 Å². The molecule has 0 radical (unpaired) electrons. The second kappa shape index (κ2) is 10.9. The predicted molar refractivity (Wildman–Crippen MR) is 124 cm³/mol. The first-order valence-electron chi connectivity index (χ1n) is 10.1. The molecule has 2 aromatic heterocycles. The van der Waals surface area contributed by atoms with E-state index in [0.29, 0.717) is 18.2 Å². The molecule has 0 aliphatic heterocycles. The number of nitrogens with one attached hydrogen (secondary N) is 2. The molecule has 0 bridgehead atoms. The fourth-order valence-corrected chi connectivity index (χ4v) is 3.32. The second-order valence-electron chi connectivity index (χ2n) is 7.31. The number of benzene rings is 1. The van der Waals surface area contributed by atoms with Crippen molar-refractivity contribution in [3.8, 4) is 0 Å². The van der Waals surface area contributed by atoms with Crippen LogP contribution in [-0.2, 0) is 17.4 Å². The summed E-state index contributed by atoms with van der Waals surface area (Å²) < 4.78 is 41.3. The molecule has 3 aromatic rings. The van der Waals surface area contributed by atoms with Gasteiger partial charge in [-0.15, -0.1) is 0 Å². The second-order valence-corrected chi connectivity index (χ2v) is 8.09. The molecule has 0 unspecified atom stereocenters. The van der Waals surface area contributed by atoms with Crippen LogP contribution in [0.25, 0.3) is 0 Å². The van der Waals surface area contributed by atoms with Crippen molar-refractivity contribution >= 4 is 40.7 Å². The third kappa shape index (κ3) is 6.37. The molecule has 0 aliphatic carbocycles. The van der Waals surface area contributed by atoms with Crippen LogP contribution in [0.15, 0.2) is 53.6 Å². The number of anilines is 1. The Bertz CT molecular complexity index is 1300. The van der Waals surface area contributed by atoms with E-state index in [1.54, 1.807) is 24.4 Å². The van der Waals surface area contributed by atoms with Gasteiger partial charge in [-0.1, -0.05) is 29.3 Å². The molecule has 0 saturated heterocycles. The molecule has 3 rings (SSSR count). The SMILES string of the molecule is C[C@H](C(=O)Nc1ccc(C(F)(F)F)c(C(=O)NCCc2ccccn2)c1)n1ncc(Cl)c(Cl)c1=O. The maximum atomic E-state index is 13.5. The van der Waals surface area contributed by atoms with Gasteiger partial charge in [0.1, 0.15) is 11.1 Å². The molecular weight excluding hydrogens is 510 g/mol. The van der Waals surface area contributed by atoms with Crippen molar-refractivity contribution < 1.29 is 22.8 Å². The zero-order valence-electron chi connectivity index (χ0n) is 18.1. The van der Waals surface area contributed by atoms with Crippen LogP contribution < -0.4 is 16.2 Å². The average molecular weight is 528 g/mol. The van der Waals surface area contributed by atoms with Crippen molar-refractivity contribution in [1.29, 1.82) is 0 Å². The van der Waals surface area contributed by atoms with Crippen LogP contribution in [0.3, 0.4) is 0 Å². The monoisotopic (exact) mass is 527 g/mol. The fourth-order valence-electron chi connectivity index (χ4n) is 3.06. The number of amides is 2. The molecule has 0 saturated carbocycles.